The molecule has 14 heavy (non-hydrogen) atoms. The molecule has 1 saturated carbocycles. The maximum Gasteiger partial charge on any atom is 0.0119 e. The van der Waals surface area contributed by atoms with Crippen molar-refractivity contribution in [3.05, 3.63) is 12.7 Å². The van der Waals surface area contributed by atoms with E-state index in [1.807, 2.05) is 17.8 Å². The summed E-state index contributed by atoms with van der Waals surface area (Å²) in [5, 5.41) is 3.68. The molecule has 0 radical (unpaired) electrons. The van der Waals surface area contributed by atoms with Gasteiger partial charge in [-0.15, -0.1) is 6.58 Å². The standard InChI is InChI=1S/C12H23NS/c1-4-9-14-10-8-13-11-6-5-7-12(11,2)3/h4,11,13H,1,5-10H2,2-3H3. The van der Waals surface area contributed by atoms with Crippen LogP contribution < -0.4 is 5.32 Å². The lowest BCUT2D eigenvalue weighted by Gasteiger charge is -2.27. The molecule has 1 fully saturated rings. The minimum Gasteiger partial charge on any atom is -0.313 e. The summed E-state index contributed by atoms with van der Waals surface area (Å²) in [5.41, 5.74) is 0.517. The summed E-state index contributed by atoms with van der Waals surface area (Å²) >= 11 is 1.96. The van der Waals surface area contributed by atoms with Crippen molar-refractivity contribution in [2.24, 2.45) is 5.41 Å². The molecule has 0 spiro atoms. The summed E-state index contributed by atoms with van der Waals surface area (Å²) in [7, 11) is 0. The van der Waals surface area contributed by atoms with Crippen LogP contribution in [-0.4, -0.2) is 24.1 Å². The van der Waals surface area contributed by atoms with Gasteiger partial charge in [0.2, 0.25) is 0 Å². The van der Waals surface area contributed by atoms with Gasteiger partial charge in [-0.2, -0.15) is 11.8 Å². The second kappa shape index (κ2) is 5.82. The fourth-order valence-electron chi connectivity index (χ4n) is 2.18. The molecule has 0 bridgehead atoms. The first-order chi connectivity index (χ1) is 6.67. The highest BCUT2D eigenvalue weighted by Gasteiger charge is 2.33. The first-order valence-electron chi connectivity index (χ1n) is 5.59. The van der Waals surface area contributed by atoms with Gasteiger partial charge in [-0.1, -0.05) is 26.3 Å². The second-order valence-electron chi connectivity index (χ2n) is 4.75. The van der Waals surface area contributed by atoms with E-state index in [2.05, 4.69) is 25.7 Å². The molecule has 0 saturated heterocycles. The fourth-order valence-corrected chi connectivity index (χ4v) is 2.77. The van der Waals surface area contributed by atoms with Crippen LogP contribution in [-0.2, 0) is 0 Å². The van der Waals surface area contributed by atoms with E-state index in [9.17, 15) is 0 Å². The summed E-state index contributed by atoms with van der Waals surface area (Å²) in [6, 6.07) is 0.742. The molecular formula is C12H23NS. The van der Waals surface area contributed by atoms with Crippen LogP contribution in [0.4, 0.5) is 0 Å². The summed E-state index contributed by atoms with van der Waals surface area (Å²) in [5.74, 6) is 2.29. The van der Waals surface area contributed by atoms with Crippen LogP contribution in [0.25, 0.3) is 0 Å². The third-order valence-electron chi connectivity index (χ3n) is 3.13. The minimum absolute atomic E-state index is 0.517. The minimum atomic E-state index is 0.517. The molecule has 0 heterocycles. The van der Waals surface area contributed by atoms with Crippen molar-refractivity contribution in [1.29, 1.82) is 0 Å². The quantitative estimate of drug-likeness (QED) is 0.537. The van der Waals surface area contributed by atoms with Crippen molar-refractivity contribution >= 4 is 11.8 Å². The van der Waals surface area contributed by atoms with Gasteiger partial charge in [0.25, 0.3) is 0 Å². The van der Waals surface area contributed by atoms with Crippen molar-refractivity contribution in [2.45, 2.75) is 39.2 Å². The molecule has 1 aliphatic rings. The lowest BCUT2D eigenvalue weighted by molar-refractivity contribution is 0.288. The number of hydrogen-bond donors (Lipinski definition) is 1. The molecule has 1 unspecified atom stereocenters. The number of thioether (sulfide) groups is 1. The molecule has 0 aliphatic heterocycles. The zero-order valence-corrected chi connectivity index (χ0v) is 10.3. The number of rotatable bonds is 6. The normalized spacial score (nSPS) is 25.1. The van der Waals surface area contributed by atoms with E-state index in [1.165, 1.54) is 25.0 Å². The summed E-state index contributed by atoms with van der Waals surface area (Å²) in [4.78, 5) is 0. The van der Waals surface area contributed by atoms with Crippen LogP contribution in [0.15, 0.2) is 12.7 Å². The third kappa shape index (κ3) is 3.66. The van der Waals surface area contributed by atoms with Gasteiger partial charge in [0.15, 0.2) is 0 Å². The monoisotopic (exact) mass is 213 g/mol. The van der Waals surface area contributed by atoms with Crippen molar-refractivity contribution < 1.29 is 0 Å². The Morgan fingerprint density at radius 3 is 2.93 bits per heavy atom. The van der Waals surface area contributed by atoms with Crippen LogP contribution in [0.2, 0.25) is 0 Å². The average molecular weight is 213 g/mol. The lowest BCUT2D eigenvalue weighted by atomic mass is 9.87. The van der Waals surface area contributed by atoms with Crippen LogP contribution in [0.1, 0.15) is 33.1 Å². The molecule has 0 aromatic heterocycles. The smallest absolute Gasteiger partial charge is 0.0119 e. The van der Waals surface area contributed by atoms with E-state index < -0.39 is 0 Å². The molecule has 1 atom stereocenters. The summed E-state index contributed by atoms with van der Waals surface area (Å²) in [6.45, 7) is 9.63. The molecule has 82 valence electrons. The Hall–Kier alpha value is 0.0500. The van der Waals surface area contributed by atoms with Crippen molar-refractivity contribution in [2.75, 3.05) is 18.1 Å². The predicted octanol–water partition coefficient (Wildman–Crippen LogP) is 3.07. The van der Waals surface area contributed by atoms with Crippen LogP contribution in [0, 0.1) is 5.41 Å². The first kappa shape index (κ1) is 12.1. The van der Waals surface area contributed by atoms with Crippen molar-refractivity contribution in [3.8, 4) is 0 Å². The van der Waals surface area contributed by atoms with E-state index >= 15 is 0 Å². The molecule has 1 N–H and O–H groups in total. The summed E-state index contributed by atoms with van der Waals surface area (Å²) in [6.07, 6.45) is 6.11. The molecule has 1 rings (SSSR count). The molecule has 1 aliphatic carbocycles. The first-order valence-corrected chi connectivity index (χ1v) is 6.74. The molecule has 0 aromatic rings. The van der Waals surface area contributed by atoms with Gasteiger partial charge in [0.05, 0.1) is 0 Å². The number of nitrogens with one attached hydrogen (secondary N) is 1. The topological polar surface area (TPSA) is 12.0 Å². The van der Waals surface area contributed by atoms with Gasteiger partial charge in [0.1, 0.15) is 0 Å². The third-order valence-corrected chi connectivity index (χ3v) is 4.09. The van der Waals surface area contributed by atoms with Gasteiger partial charge in [-0.05, 0) is 18.3 Å². The van der Waals surface area contributed by atoms with Crippen molar-refractivity contribution in [3.63, 3.8) is 0 Å². The van der Waals surface area contributed by atoms with Gasteiger partial charge >= 0.3 is 0 Å². The lowest BCUT2D eigenvalue weighted by Crippen LogP contribution is -2.38. The van der Waals surface area contributed by atoms with Gasteiger partial charge in [-0.3, -0.25) is 0 Å². The van der Waals surface area contributed by atoms with Gasteiger partial charge < -0.3 is 5.32 Å². The number of hydrogen-bond acceptors (Lipinski definition) is 2. The van der Waals surface area contributed by atoms with Gasteiger partial charge in [-0.25, -0.2) is 0 Å². The highest BCUT2D eigenvalue weighted by Crippen LogP contribution is 2.36. The van der Waals surface area contributed by atoms with E-state index in [0.717, 1.165) is 18.3 Å². The molecule has 1 nitrogen and oxygen atoms in total. The Bertz CT molecular complexity index is 177. The molecule has 0 aromatic carbocycles. The Kier molecular flexibility index (Phi) is 5.04. The Morgan fingerprint density at radius 2 is 2.36 bits per heavy atom. The zero-order chi connectivity index (χ0) is 10.4. The average Bonchev–Trinajstić information content (AvgIpc) is 2.45. The Labute approximate surface area is 92.7 Å². The van der Waals surface area contributed by atoms with E-state index in [-0.39, 0.29) is 0 Å². The van der Waals surface area contributed by atoms with Crippen LogP contribution >= 0.6 is 11.8 Å². The van der Waals surface area contributed by atoms with E-state index in [4.69, 9.17) is 0 Å². The Balaban J connectivity index is 2.09. The molecular weight excluding hydrogens is 190 g/mol. The summed E-state index contributed by atoms with van der Waals surface area (Å²) < 4.78 is 0. The van der Waals surface area contributed by atoms with Crippen LogP contribution in [0.3, 0.4) is 0 Å². The van der Waals surface area contributed by atoms with Crippen LogP contribution in [0.5, 0.6) is 0 Å². The fraction of sp³-hybridized carbons (Fsp3) is 0.833. The second-order valence-corrected chi connectivity index (χ2v) is 5.90. The largest absolute Gasteiger partial charge is 0.313 e. The Morgan fingerprint density at radius 1 is 1.57 bits per heavy atom. The van der Waals surface area contributed by atoms with Crippen molar-refractivity contribution in [1.82, 2.24) is 5.32 Å². The maximum absolute atomic E-state index is 3.72. The molecule has 2 heteroatoms. The molecule has 0 amide bonds. The highest BCUT2D eigenvalue weighted by molar-refractivity contribution is 7.99. The van der Waals surface area contributed by atoms with Gasteiger partial charge in [0, 0.05) is 24.1 Å². The van der Waals surface area contributed by atoms with E-state index in [1.54, 1.807) is 0 Å². The SMILES string of the molecule is C=CCSCCNC1CCCC1(C)C. The van der Waals surface area contributed by atoms with E-state index in [0.29, 0.717) is 5.41 Å². The predicted molar refractivity (Wildman–Crippen MR) is 66.9 cm³/mol. The zero-order valence-electron chi connectivity index (χ0n) is 9.51. The maximum atomic E-state index is 3.72. The highest BCUT2D eigenvalue weighted by atomic mass is 32.2.